The number of hydrogen-bond donors (Lipinski definition) is 2. The average molecular weight is 296 g/mol. The number of carbonyl (C=O) groups excluding carboxylic acids is 1. The van der Waals surface area contributed by atoms with E-state index in [0.29, 0.717) is 6.54 Å². The molecule has 2 rings (SSSR count). The highest BCUT2D eigenvalue weighted by Gasteiger charge is 2.24. The van der Waals surface area contributed by atoms with Crippen LogP contribution >= 0.6 is 11.3 Å². The van der Waals surface area contributed by atoms with Gasteiger partial charge in [-0.05, 0) is 51.3 Å². The van der Waals surface area contributed by atoms with Crippen LogP contribution in [0.25, 0.3) is 0 Å². The summed E-state index contributed by atoms with van der Waals surface area (Å²) < 4.78 is 0. The van der Waals surface area contributed by atoms with Crippen molar-refractivity contribution in [3.05, 3.63) is 16.0 Å². The van der Waals surface area contributed by atoms with Gasteiger partial charge in [0.25, 0.3) is 0 Å². The minimum absolute atomic E-state index is 0.0229. The van der Waals surface area contributed by atoms with Crippen LogP contribution in [0.3, 0.4) is 0 Å². The Bertz CT molecular complexity index is 484. The lowest BCUT2D eigenvalue weighted by Crippen LogP contribution is -2.45. The Hall–Kier alpha value is -0.910. The molecule has 1 saturated heterocycles. The smallest absolute Gasteiger partial charge is 0.239 e. The second-order valence-electron chi connectivity index (χ2n) is 5.59. The zero-order valence-electron chi connectivity index (χ0n) is 12.5. The first-order chi connectivity index (χ1) is 9.52. The fourth-order valence-corrected chi connectivity index (χ4v) is 3.77. The molecule has 0 saturated carbocycles. The molecule has 0 radical (unpaired) electrons. The van der Waals surface area contributed by atoms with E-state index in [1.807, 2.05) is 6.92 Å². The van der Waals surface area contributed by atoms with Gasteiger partial charge in [0.05, 0.1) is 18.2 Å². The number of carbonyl (C=O) groups is 1. The van der Waals surface area contributed by atoms with Gasteiger partial charge in [-0.15, -0.1) is 11.3 Å². The minimum Gasteiger partial charge on any atom is -0.395 e. The summed E-state index contributed by atoms with van der Waals surface area (Å²) >= 11 is 1.64. The maximum Gasteiger partial charge on any atom is 0.239 e. The number of amides is 1. The molecule has 1 aliphatic rings. The zero-order valence-corrected chi connectivity index (χ0v) is 13.3. The molecule has 112 valence electrons. The highest BCUT2D eigenvalue weighted by Crippen LogP contribution is 2.31. The Morgan fingerprint density at radius 2 is 2.10 bits per heavy atom. The molecule has 1 amide bonds. The van der Waals surface area contributed by atoms with E-state index in [-0.39, 0.29) is 18.6 Å². The first-order valence-electron chi connectivity index (χ1n) is 7.24. The molecule has 1 fully saturated rings. The predicted molar refractivity (Wildman–Crippen MR) is 83.5 cm³/mol. The van der Waals surface area contributed by atoms with Crippen molar-refractivity contribution >= 4 is 22.2 Å². The molecular weight excluding hydrogens is 272 g/mol. The number of aryl methyl sites for hydroxylation is 1. The molecule has 0 spiro atoms. The lowest BCUT2D eigenvalue weighted by atomic mass is 10.0. The van der Waals surface area contributed by atoms with Crippen LogP contribution < -0.4 is 5.32 Å². The van der Waals surface area contributed by atoms with Crippen LogP contribution in [0.2, 0.25) is 0 Å². The average Bonchev–Trinajstić information content (AvgIpc) is 2.67. The quantitative estimate of drug-likeness (QED) is 0.897. The standard InChI is InChI=1S/C15H24N2O2S/c1-10-11(2)15(20-12(10)3)16-14(19)8-17-7-5-4-6-13(17)9-18/h13,18H,4-9H2,1-3H3,(H,16,19). The van der Waals surface area contributed by atoms with Crippen molar-refractivity contribution in [2.75, 3.05) is 25.0 Å². The molecule has 1 aromatic rings. The van der Waals surface area contributed by atoms with E-state index in [2.05, 4.69) is 24.1 Å². The molecular formula is C15H24N2O2S. The second kappa shape index (κ2) is 6.70. The maximum absolute atomic E-state index is 12.2. The topological polar surface area (TPSA) is 52.6 Å². The van der Waals surface area contributed by atoms with Crippen molar-refractivity contribution in [3.8, 4) is 0 Å². The largest absolute Gasteiger partial charge is 0.395 e. The van der Waals surface area contributed by atoms with Gasteiger partial charge in [-0.2, -0.15) is 0 Å². The molecule has 5 heteroatoms. The first-order valence-corrected chi connectivity index (χ1v) is 8.06. The van der Waals surface area contributed by atoms with Gasteiger partial charge >= 0.3 is 0 Å². The van der Waals surface area contributed by atoms with Crippen molar-refractivity contribution in [2.24, 2.45) is 0 Å². The third-order valence-corrected chi connectivity index (χ3v) is 5.47. The molecule has 1 atom stereocenters. The number of hydrogen-bond acceptors (Lipinski definition) is 4. The Morgan fingerprint density at radius 3 is 2.70 bits per heavy atom. The Kier molecular flexibility index (Phi) is 5.18. The third-order valence-electron chi connectivity index (χ3n) is 4.25. The Balaban J connectivity index is 1.96. The van der Waals surface area contributed by atoms with Gasteiger partial charge in [0, 0.05) is 10.9 Å². The molecule has 0 aromatic carbocycles. The van der Waals surface area contributed by atoms with Crippen molar-refractivity contribution in [3.63, 3.8) is 0 Å². The Labute approximate surface area is 124 Å². The van der Waals surface area contributed by atoms with Gasteiger partial charge < -0.3 is 10.4 Å². The molecule has 0 bridgehead atoms. The predicted octanol–water partition coefficient (Wildman–Crippen LogP) is 2.46. The van der Waals surface area contributed by atoms with E-state index in [1.54, 1.807) is 11.3 Å². The summed E-state index contributed by atoms with van der Waals surface area (Å²) in [4.78, 5) is 15.5. The number of aliphatic hydroxyl groups is 1. The van der Waals surface area contributed by atoms with Gasteiger partial charge in [0.1, 0.15) is 0 Å². The number of likely N-dealkylation sites (tertiary alicyclic amines) is 1. The summed E-state index contributed by atoms with van der Waals surface area (Å²) in [7, 11) is 0. The summed E-state index contributed by atoms with van der Waals surface area (Å²) in [6, 6.07) is 0.141. The van der Waals surface area contributed by atoms with E-state index in [0.717, 1.165) is 30.8 Å². The molecule has 2 N–H and O–H groups in total. The van der Waals surface area contributed by atoms with Gasteiger partial charge in [-0.3, -0.25) is 9.69 Å². The summed E-state index contributed by atoms with van der Waals surface area (Å²) in [5.74, 6) is 0.0229. The van der Waals surface area contributed by atoms with Crippen LogP contribution in [0.5, 0.6) is 0 Å². The zero-order chi connectivity index (χ0) is 14.7. The molecule has 4 nitrogen and oxygen atoms in total. The number of rotatable bonds is 4. The molecule has 1 aliphatic heterocycles. The second-order valence-corrected chi connectivity index (χ2v) is 6.81. The summed E-state index contributed by atoms with van der Waals surface area (Å²) in [5.41, 5.74) is 2.43. The number of piperidine rings is 1. The highest BCUT2D eigenvalue weighted by atomic mass is 32.1. The van der Waals surface area contributed by atoms with Crippen molar-refractivity contribution < 1.29 is 9.90 Å². The molecule has 1 unspecified atom stereocenters. The van der Waals surface area contributed by atoms with Gasteiger partial charge in [0.15, 0.2) is 0 Å². The van der Waals surface area contributed by atoms with Gasteiger partial charge in [0.2, 0.25) is 5.91 Å². The molecule has 2 heterocycles. The number of anilines is 1. The normalized spacial score (nSPS) is 20.1. The van der Waals surface area contributed by atoms with E-state index in [4.69, 9.17) is 0 Å². The number of thiophene rings is 1. The molecule has 0 aliphatic carbocycles. The van der Waals surface area contributed by atoms with Crippen LogP contribution in [-0.2, 0) is 4.79 Å². The summed E-state index contributed by atoms with van der Waals surface area (Å²) in [6.45, 7) is 7.63. The van der Waals surface area contributed by atoms with Gasteiger partial charge in [-0.25, -0.2) is 0 Å². The van der Waals surface area contributed by atoms with Crippen LogP contribution in [0, 0.1) is 20.8 Å². The Morgan fingerprint density at radius 1 is 1.35 bits per heavy atom. The van der Waals surface area contributed by atoms with Crippen molar-refractivity contribution in [1.82, 2.24) is 4.90 Å². The first kappa shape index (κ1) is 15.5. The van der Waals surface area contributed by atoms with Crippen LogP contribution in [0.4, 0.5) is 5.00 Å². The number of nitrogens with zero attached hydrogens (tertiary/aromatic N) is 1. The number of aliphatic hydroxyl groups excluding tert-OH is 1. The van der Waals surface area contributed by atoms with E-state index >= 15 is 0 Å². The monoisotopic (exact) mass is 296 g/mol. The van der Waals surface area contributed by atoms with E-state index in [9.17, 15) is 9.90 Å². The molecule has 20 heavy (non-hydrogen) atoms. The van der Waals surface area contributed by atoms with Crippen LogP contribution in [-0.4, -0.2) is 41.7 Å². The highest BCUT2D eigenvalue weighted by molar-refractivity contribution is 7.16. The maximum atomic E-state index is 12.2. The van der Waals surface area contributed by atoms with Gasteiger partial charge in [-0.1, -0.05) is 6.42 Å². The van der Waals surface area contributed by atoms with Crippen LogP contribution in [0.15, 0.2) is 0 Å². The molecule has 1 aromatic heterocycles. The van der Waals surface area contributed by atoms with Crippen molar-refractivity contribution in [1.29, 1.82) is 0 Å². The summed E-state index contributed by atoms with van der Waals surface area (Å²) in [5, 5.41) is 13.4. The van der Waals surface area contributed by atoms with Crippen molar-refractivity contribution in [2.45, 2.75) is 46.1 Å². The lowest BCUT2D eigenvalue weighted by molar-refractivity contribution is -0.118. The van der Waals surface area contributed by atoms with Crippen LogP contribution in [0.1, 0.15) is 35.3 Å². The van der Waals surface area contributed by atoms with E-state index < -0.39 is 0 Å². The third kappa shape index (κ3) is 3.40. The number of nitrogens with one attached hydrogen (secondary N) is 1. The lowest BCUT2D eigenvalue weighted by Gasteiger charge is -2.33. The fraction of sp³-hybridized carbons (Fsp3) is 0.667. The van der Waals surface area contributed by atoms with E-state index in [1.165, 1.54) is 16.0 Å². The minimum atomic E-state index is 0.0229. The SMILES string of the molecule is Cc1sc(NC(=O)CN2CCCCC2CO)c(C)c1C. The summed E-state index contributed by atoms with van der Waals surface area (Å²) in [6.07, 6.45) is 3.24. The fourth-order valence-electron chi connectivity index (χ4n) is 2.69.